The summed E-state index contributed by atoms with van der Waals surface area (Å²) in [4.78, 5) is 9.72. The van der Waals surface area contributed by atoms with Gasteiger partial charge in [-0.2, -0.15) is 4.98 Å². The van der Waals surface area contributed by atoms with Gasteiger partial charge in [-0.05, 0) is 18.6 Å². The Morgan fingerprint density at radius 1 is 1.30 bits per heavy atom. The fourth-order valence-corrected chi connectivity index (χ4v) is 1.90. The van der Waals surface area contributed by atoms with Gasteiger partial charge in [-0.1, -0.05) is 31.5 Å². The molecule has 20 heavy (non-hydrogen) atoms. The molecule has 6 heteroatoms. The summed E-state index contributed by atoms with van der Waals surface area (Å²) in [6, 6.07) is 9.59. The summed E-state index contributed by atoms with van der Waals surface area (Å²) in [5.74, 6) is 5.25. The Morgan fingerprint density at radius 2 is 2.05 bits per heavy atom. The van der Waals surface area contributed by atoms with Crippen LogP contribution in [0.15, 0.2) is 36.5 Å². The number of nitrogens with zero attached hydrogens (tertiary/aromatic N) is 3. The molecule has 0 bridgehead atoms. The number of para-hydroxylation sites is 1. The molecule has 1 aromatic carbocycles. The van der Waals surface area contributed by atoms with Crippen LogP contribution < -0.4 is 16.2 Å². The topological polar surface area (TPSA) is 67.1 Å². The van der Waals surface area contributed by atoms with Crippen molar-refractivity contribution < 1.29 is 4.39 Å². The maximum absolute atomic E-state index is 14.0. The van der Waals surface area contributed by atoms with Crippen LogP contribution >= 0.6 is 0 Å². The molecule has 0 saturated heterocycles. The van der Waals surface area contributed by atoms with Gasteiger partial charge in [-0.3, -0.25) is 5.43 Å². The number of anilines is 3. The van der Waals surface area contributed by atoms with Crippen molar-refractivity contribution in [3.8, 4) is 0 Å². The van der Waals surface area contributed by atoms with E-state index in [1.54, 1.807) is 0 Å². The first-order chi connectivity index (χ1) is 9.76. The number of benzene rings is 1. The van der Waals surface area contributed by atoms with Gasteiger partial charge in [0.05, 0.1) is 6.20 Å². The molecule has 0 saturated carbocycles. The predicted molar refractivity (Wildman–Crippen MR) is 78.2 cm³/mol. The van der Waals surface area contributed by atoms with E-state index in [9.17, 15) is 4.39 Å². The van der Waals surface area contributed by atoms with Crippen molar-refractivity contribution >= 4 is 17.5 Å². The first-order valence-corrected chi connectivity index (χ1v) is 6.58. The Hall–Kier alpha value is -2.21. The summed E-state index contributed by atoms with van der Waals surface area (Å²) in [5.41, 5.74) is 3.23. The number of halogens is 1. The molecule has 0 aliphatic carbocycles. The average Bonchev–Trinajstić information content (AvgIpc) is 2.50. The van der Waals surface area contributed by atoms with Gasteiger partial charge in [0.25, 0.3) is 0 Å². The smallest absolute Gasteiger partial charge is 0.239 e. The normalized spacial score (nSPS) is 10.3. The molecule has 0 aliphatic rings. The van der Waals surface area contributed by atoms with Gasteiger partial charge in [0.2, 0.25) is 5.95 Å². The second-order valence-corrected chi connectivity index (χ2v) is 4.35. The molecule has 0 amide bonds. The van der Waals surface area contributed by atoms with Crippen LogP contribution in [-0.2, 0) is 0 Å². The number of nitrogens with two attached hydrogens (primary N) is 1. The van der Waals surface area contributed by atoms with Crippen molar-refractivity contribution in [1.29, 1.82) is 0 Å². The van der Waals surface area contributed by atoms with Crippen molar-refractivity contribution in [2.45, 2.75) is 19.8 Å². The number of nitrogen functional groups attached to an aromatic ring is 1. The third-order valence-electron chi connectivity index (χ3n) is 2.91. The lowest BCUT2D eigenvalue weighted by Gasteiger charge is -2.24. The quantitative estimate of drug-likeness (QED) is 0.627. The highest BCUT2D eigenvalue weighted by molar-refractivity contribution is 5.60. The van der Waals surface area contributed by atoms with Crippen LogP contribution in [0.1, 0.15) is 19.8 Å². The van der Waals surface area contributed by atoms with Crippen LogP contribution in [0, 0.1) is 5.82 Å². The molecule has 0 atom stereocenters. The van der Waals surface area contributed by atoms with E-state index in [1.807, 2.05) is 35.2 Å². The van der Waals surface area contributed by atoms with E-state index in [0.717, 1.165) is 24.7 Å². The summed E-state index contributed by atoms with van der Waals surface area (Å²) in [5, 5.41) is 0. The Morgan fingerprint density at radius 3 is 2.70 bits per heavy atom. The van der Waals surface area contributed by atoms with Gasteiger partial charge in [0.1, 0.15) is 0 Å². The van der Waals surface area contributed by atoms with Gasteiger partial charge >= 0.3 is 0 Å². The molecule has 0 aliphatic heterocycles. The Labute approximate surface area is 117 Å². The minimum absolute atomic E-state index is 0.193. The molecule has 0 unspecified atom stereocenters. The maximum Gasteiger partial charge on any atom is 0.239 e. The molecule has 0 fully saturated rings. The zero-order valence-electron chi connectivity index (χ0n) is 11.4. The van der Waals surface area contributed by atoms with E-state index in [4.69, 9.17) is 5.84 Å². The van der Waals surface area contributed by atoms with Gasteiger partial charge in [0, 0.05) is 12.2 Å². The lowest BCUT2D eigenvalue weighted by Crippen LogP contribution is -2.22. The maximum atomic E-state index is 14.0. The van der Waals surface area contributed by atoms with Crippen LogP contribution in [0.5, 0.6) is 0 Å². The third kappa shape index (κ3) is 3.21. The average molecular weight is 275 g/mol. The summed E-state index contributed by atoms with van der Waals surface area (Å²) >= 11 is 0. The highest BCUT2D eigenvalue weighted by Crippen LogP contribution is 2.26. The molecule has 1 heterocycles. The van der Waals surface area contributed by atoms with Crippen molar-refractivity contribution in [2.24, 2.45) is 5.84 Å². The predicted octanol–water partition coefficient (Wildman–Crippen LogP) is 2.84. The third-order valence-corrected chi connectivity index (χ3v) is 2.91. The zero-order valence-corrected chi connectivity index (χ0v) is 11.4. The minimum Gasteiger partial charge on any atom is -0.324 e. The molecular formula is C14H18FN5. The summed E-state index contributed by atoms with van der Waals surface area (Å²) in [7, 11) is 0. The van der Waals surface area contributed by atoms with Crippen LogP contribution in [0.3, 0.4) is 0 Å². The van der Waals surface area contributed by atoms with E-state index in [-0.39, 0.29) is 11.8 Å². The summed E-state index contributed by atoms with van der Waals surface area (Å²) < 4.78 is 14.0. The SMILES string of the molecule is CCCCN(c1ccccc1)c1nc(NN)ncc1F. The van der Waals surface area contributed by atoms with Gasteiger partial charge in [0.15, 0.2) is 11.6 Å². The van der Waals surface area contributed by atoms with Crippen LogP contribution in [-0.4, -0.2) is 16.5 Å². The Bertz CT molecular complexity index is 547. The van der Waals surface area contributed by atoms with Crippen LogP contribution in [0.25, 0.3) is 0 Å². The monoisotopic (exact) mass is 275 g/mol. The van der Waals surface area contributed by atoms with E-state index in [2.05, 4.69) is 22.3 Å². The molecule has 2 aromatic rings. The lowest BCUT2D eigenvalue weighted by atomic mass is 10.2. The van der Waals surface area contributed by atoms with E-state index in [0.29, 0.717) is 6.54 Å². The second-order valence-electron chi connectivity index (χ2n) is 4.35. The van der Waals surface area contributed by atoms with Gasteiger partial charge in [-0.15, -0.1) is 0 Å². The van der Waals surface area contributed by atoms with Gasteiger partial charge in [-0.25, -0.2) is 15.2 Å². The highest BCUT2D eigenvalue weighted by atomic mass is 19.1. The number of hydrogen-bond acceptors (Lipinski definition) is 5. The summed E-state index contributed by atoms with van der Waals surface area (Å²) in [6.07, 6.45) is 3.07. The van der Waals surface area contributed by atoms with Crippen molar-refractivity contribution in [1.82, 2.24) is 9.97 Å². The van der Waals surface area contributed by atoms with Crippen molar-refractivity contribution in [3.05, 3.63) is 42.3 Å². The molecule has 1 aromatic heterocycles. The standard InChI is InChI=1S/C14H18FN5/c1-2-3-9-20(11-7-5-4-6-8-11)13-12(15)10-17-14(18-13)19-16/h4-8,10H,2-3,9,16H2,1H3,(H,17,18,19). The first kappa shape index (κ1) is 14.2. The molecule has 106 valence electrons. The van der Waals surface area contributed by atoms with E-state index in [1.165, 1.54) is 0 Å². The highest BCUT2D eigenvalue weighted by Gasteiger charge is 2.16. The number of unbranched alkanes of at least 4 members (excludes halogenated alkanes) is 1. The molecular weight excluding hydrogens is 257 g/mol. The Kier molecular flexibility index (Phi) is 4.84. The fourth-order valence-electron chi connectivity index (χ4n) is 1.90. The van der Waals surface area contributed by atoms with Crippen molar-refractivity contribution in [3.63, 3.8) is 0 Å². The van der Waals surface area contributed by atoms with E-state index < -0.39 is 5.82 Å². The number of hydrazine groups is 1. The van der Waals surface area contributed by atoms with Crippen molar-refractivity contribution in [2.75, 3.05) is 16.9 Å². The molecule has 0 spiro atoms. The fraction of sp³-hybridized carbons (Fsp3) is 0.286. The largest absolute Gasteiger partial charge is 0.324 e. The van der Waals surface area contributed by atoms with E-state index >= 15 is 0 Å². The van der Waals surface area contributed by atoms with Crippen LogP contribution in [0.4, 0.5) is 21.8 Å². The number of aromatic nitrogens is 2. The molecule has 0 radical (unpaired) electrons. The first-order valence-electron chi connectivity index (χ1n) is 6.58. The van der Waals surface area contributed by atoms with Crippen LogP contribution in [0.2, 0.25) is 0 Å². The van der Waals surface area contributed by atoms with Gasteiger partial charge < -0.3 is 4.90 Å². The molecule has 2 rings (SSSR count). The lowest BCUT2D eigenvalue weighted by molar-refractivity contribution is 0.608. The summed E-state index contributed by atoms with van der Waals surface area (Å²) in [6.45, 7) is 2.77. The number of hydrogen-bond donors (Lipinski definition) is 2. The second kappa shape index (κ2) is 6.81. The number of nitrogens with one attached hydrogen (secondary N) is 1. The minimum atomic E-state index is -0.469. The molecule has 5 nitrogen and oxygen atoms in total. The Balaban J connectivity index is 2.40. The number of rotatable bonds is 6. The zero-order chi connectivity index (χ0) is 14.4. The molecule has 3 N–H and O–H groups in total.